The third kappa shape index (κ3) is 6.34. The molecule has 1 aromatic carbocycles. The molecule has 1 atom stereocenters. The summed E-state index contributed by atoms with van der Waals surface area (Å²) in [5.41, 5.74) is 4.94. The van der Waals surface area contributed by atoms with Crippen LogP contribution >= 0.6 is 0 Å². The van der Waals surface area contributed by atoms with Gasteiger partial charge in [0.2, 0.25) is 11.9 Å². The fourth-order valence-corrected chi connectivity index (χ4v) is 5.14. The van der Waals surface area contributed by atoms with Crippen LogP contribution in [0.15, 0.2) is 36.8 Å². The van der Waals surface area contributed by atoms with E-state index in [2.05, 4.69) is 35.5 Å². The number of aryl methyl sites for hydroxylation is 2. The maximum absolute atomic E-state index is 13.3. The molecule has 1 fully saturated rings. The summed E-state index contributed by atoms with van der Waals surface area (Å²) in [6, 6.07) is 5.67. The summed E-state index contributed by atoms with van der Waals surface area (Å²) in [4.78, 5) is 30.6. The Labute approximate surface area is 240 Å². The van der Waals surface area contributed by atoms with Crippen LogP contribution in [0.5, 0.6) is 5.88 Å². The Hall–Kier alpha value is -4.00. The number of carbonyl (C=O) groups is 1. The van der Waals surface area contributed by atoms with Gasteiger partial charge < -0.3 is 25.1 Å². The minimum atomic E-state index is -0.240. The fraction of sp³-hybridized carbons (Fsp3) is 0.448. The number of nitrogens with zero attached hydrogens (tertiary/aromatic N) is 6. The third-order valence-corrected chi connectivity index (χ3v) is 7.47. The first kappa shape index (κ1) is 28.5. The number of carbonyl (C=O) groups excluding carboxylic acids is 1. The molecule has 0 spiro atoms. The molecule has 1 saturated heterocycles. The molecule has 5 rings (SSSR count). The van der Waals surface area contributed by atoms with Gasteiger partial charge in [-0.2, -0.15) is 0 Å². The smallest absolute Gasteiger partial charge is 0.256 e. The average Bonchev–Trinajstić information content (AvgIpc) is 3.56. The number of ether oxygens (including phenoxy) is 2. The second-order valence-corrected chi connectivity index (χ2v) is 10.3. The molecule has 12 nitrogen and oxygen atoms in total. The number of aromatic nitrogens is 5. The van der Waals surface area contributed by atoms with E-state index in [1.165, 1.54) is 0 Å². The molecule has 218 valence electrons. The number of aromatic amines is 1. The summed E-state index contributed by atoms with van der Waals surface area (Å²) < 4.78 is 12.5. The van der Waals surface area contributed by atoms with Gasteiger partial charge in [0.25, 0.3) is 5.88 Å². The molecule has 1 amide bonds. The van der Waals surface area contributed by atoms with E-state index >= 15 is 0 Å². The second-order valence-electron chi connectivity index (χ2n) is 10.3. The Morgan fingerprint density at radius 3 is 2.76 bits per heavy atom. The van der Waals surface area contributed by atoms with Crippen molar-refractivity contribution in [1.82, 2.24) is 34.5 Å². The van der Waals surface area contributed by atoms with E-state index in [0.29, 0.717) is 24.1 Å². The predicted molar refractivity (Wildman–Crippen MR) is 160 cm³/mol. The van der Waals surface area contributed by atoms with Crippen molar-refractivity contribution in [2.75, 3.05) is 63.7 Å². The van der Waals surface area contributed by atoms with Crippen LogP contribution in [0.4, 0.5) is 17.3 Å². The Bertz CT molecular complexity index is 1490. The Morgan fingerprint density at radius 1 is 1.20 bits per heavy atom. The van der Waals surface area contributed by atoms with Gasteiger partial charge in [0.1, 0.15) is 5.69 Å². The first-order valence-electron chi connectivity index (χ1n) is 14.0. The highest BCUT2D eigenvalue weighted by atomic mass is 16.5. The van der Waals surface area contributed by atoms with Crippen LogP contribution in [0.25, 0.3) is 22.2 Å². The zero-order chi connectivity index (χ0) is 28.9. The van der Waals surface area contributed by atoms with Crippen molar-refractivity contribution in [2.24, 2.45) is 7.05 Å². The SMILES string of the molecule is CCOc1nn(C)cc1Nc1ncc(C)c(-c2c[nH]c3c(NC(=O)C(C)N4CCN(CCOC)CC4)cccc23)n1. The zero-order valence-electron chi connectivity index (χ0n) is 24.4. The van der Waals surface area contributed by atoms with Gasteiger partial charge in [-0.1, -0.05) is 12.1 Å². The van der Waals surface area contributed by atoms with Crippen LogP contribution < -0.4 is 15.4 Å². The molecule has 4 aromatic rings. The van der Waals surface area contributed by atoms with Crippen LogP contribution in [0.2, 0.25) is 0 Å². The third-order valence-electron chi connectivity index (χ3n) is 7.47. The van der Waals surface area contributed by atoms with Crippen LogP contribution in [0.3, 0.4) is 0 Å². The number of para-hydroxylation sites is 1. The van der Waals surface area contributed by atoms with Gasteiger partial charge in [-0.15, -0.1) is 5.10 Å². The number of benzene rings is 1. The highest BCUT2D eigenvalue weighted by molar-refractivity contribution is 6.06. The summed E-state index contributed by atoms with van der Waals surface area (Å²) in [7, 11) is 3.56. The molecule has 3 N–H and O–H groups in total. The number of H-pyrrole nitrogens is 1. The van der Waals surface area contributed by atoms with Crippen molar-refractivity contribution in [2.45, 2.75) is 26.8 Å². The van der Waals surface area contributed by atoms with Crippen molar-refractivity contribution in [3.63, 3.8) is 0 Å². The zero-order valence-corrected chi connectivity index (χ0v) is 24.4. The molecule has 0 bridgehead atoms. The molecule has 0 radical (unpaired) electrons. The molecule has 0 saturated carbocycles. The van der Waals surface area contributed by atoms with Gasteiger partial charge in [0.05, 0.1) is 42.4 Å². The number of rotatable bonds is 11. The van der Waals surface area contributed by atoms with Gasteiger partial charge >= 0.3 is 0 Å². The number of amides is 1. The Balaban J connectivity index is 1.33. The van der Waals surface area contributed by atoms with Crippen LogP contribution in [-0.4, -0.2) is 99.5 Å². The van der Waals surface area contributed by atoms with Crippen LogP contribution in [-0.2, 0) is 16.6 Å². The maximum Gasteiger partial charge on any atom is 0.256 e. The number of nitrogens with one attached hydrogen (secondary N) is 3. The number of methoxy groups -OCH3 is 1. The van der Waals surface area contributed by atoms with Crippen molar-refractivity contribution in [3.8, 4) is 17.1 Å². The number of anilines is 3. The Kier molecular flexibility index (Phi) is 8.81. The van der Waals surface area contributed by atoms with E-state index < -0.39 is 0 Å². The summed E-state index contributed by atoms with van der Waals surface area (Å²) in [6.45, 7) is 11.6. The molecule has 41 heavy (non-hydrogen) atoms. The van der Waals surface area contributed by atoms with Gasteiger partial charge in [0, 0.05) is 70.2 Å². The molecule has 4 heterocycles. The molecular weight excluding hydrogens is 522 g/mol. The van der Waals surface area contributed by atoms with E-state index in [4.69, 9.17) is 14.5 Å². The summed E-state index contributed by atoms with van der Waals surface area (Å²) >= 11 is 0. The first-order valence-corrected chi connectivity index (χ1v) is 14.0. The fourth-order valence-electron chi connectivity index (χ4n) is 5.14. The first-order chi connectivity index (χ1) is 19.9. The lowest BCUT2D eigenvalue weighted by atomic mass is 10.1. The topological polar surface area (TPSA) is 125 Å². The maximum atomic E-state index is 13.3. The minimum Gasteiger partial charge on any atom is -0.475 e. The van der Waals surface area contributed by atoms with E-state index in [1.54, 1.807) is 18.0 Å². The minimum absolute atomic E-state index is 0.0229. The normalized spacial score (nSPS) is 15.2. The average molecular weight is 562 g/mol. The van der Waals surface area contributed by atoms with E-state index in [0.717, 1.165) is 72.7 Å². The van der Waals surface area contributed by atoms with Crippen molar-refractivity contribution >= 4 is 34.1 Å². The lowest BCUT2D eigenvalue weighted by molar-refractivity contribution is -0.121. The van der Waals surface area contributed by atoms with Crippen LogP contribution in [0.1, 0.15) is 19.4 Å². The lowest BCUT2D eigenvalue weighted by Gasteiger charge is -2.37. The van der Waals surface area contributed by atoms with Crippen molar-refractivity contribution in [3.05, 3.63) is 42.4 Å². The van der Waals surface area contributed by atoms with E-state index in [1.807, 2.05) is 58.4 Å². The summed E-state index contributed by atoms with van der Waals surface area (Å²) in [6.07, 6.45) is 5.55. The molecule has 0 aliphatic carbocycles. The quantitative estimate of drug-likeness (QED) is 0.253. The Morgan fingerprint density at radius 2 is 2.00 bits per heavy atom. The molecule has 1 aliphatic heterocycles. The van der Waals surface area contributed by atoms with Gasteiger partial charge in [0.15, 0.2) is 0 Å². The number of hydrogen-bond donors (Lipinski definition) is 3. The highest BCUT2D eigenvalue weighted by Gasteiger charge is 2.26. The van der Waals surface area contributed by atoms with E-state index in [9.17, 15) is 4.79 Å². The number of fused-ring (bicyclic) bond motifs is 1. The second kappa shape index (κ2) is 12.7. The van der Waals surface area contributed by atoms with Gasteiger partial charge in [-0.3, -0.25) is 19.3 Å². The molecule has 1 unspecified atom stereocenters. The van der Waals surface area contributed by atoms with Crippen molar-refractivity contribution < 1.29 is 14.3 Å². The standard InChI is InChI=1S/C29H39N9O3/c1-6-41-28-24(18-36(4)35-28)33-29-31-16-19(2)25(34-29)22-17-30-26-21(22)8-7-9-23(26)32-27(39)20(3)38-12-10-37(11-13-38)14-15-40-5/h7-9,16-18,20,30H,6,10-15H2,1-5H3,(H,32,39)(H,31,33,34). The van der Waals surface area contributed by atoms with Gasteiger partial charge in [-0.05, 0) is 32.4 Å². The molecule has 1 aliphatic rings. The molecular formula is C29H39N9O3. The predicted octanol–water partition coefficient (Wildman–Crippen LogP) is 3.40. The number of piperazine rings is 1. The largest absolute Gasteiger partial charge is 0.475 e. The molecule has 12 heteroatoms. The number of hydrogen-bond acceptors (Lipinski definition) is 9. The summed E-state index contributed by atoms with van der Waals surface area (Å²) in [5, 5.41) is 11.7. The molecule has 3 aromatic heterocycles. The van der Waals surface area contributed by atoms with Crippen LogP contribution in [0, 0.1) is 6.92 Å². The highest BCUT2D eigenvalue weighted by Crippen LogP contribution is 2.34. The van der Waals surface area contributed by atoms with Gasteiger partial charge in [-0.25, -0.2) is 9.97 Å². The van der Waals surface area contributed by atoms with Crippen molar-refractivity contribution in [1.29, 1.82) is 0 Å². The lowest BCUT2D eigenvalue weighted by Crippen LogP contribution is -2.53. The summed E-state index contributed by atoms with van der Waals surface area (Å²) in [5.74, 6) is 0.912. The monoisotopic (exact) mass is 561 g/mol. The van der Waals surface area contributed by atoms with E-state index in [-0.39, 0.29) is 11.9 Å².